The summed E-state index contributed by atoms with van der Waals surface area (Å²) >= 11 is 0. The van der Waals surface area contributed by atoms with Gasteiger partial charge in [0.1, 0.15) is 12.2 Å². The molecular weight excluding hydrogens is 233 g/mol. The lowest BCUT2D eigenvalue weighted by atomic mass is 10.0. The van der Waals surface area contributed by atoms with Gasteiger partial charge in [-0.15, -0.1) is 0 Å². The van der Waals surface area contributed by atoms with E-state index in [1.54, 1.807) is 18.2 Å². The van der Waals surface area contributed by atoms with Gasteiger partial charge in [-0.2, -0.15) is 0 Å². The largest absolute Gasteiger partial charge is 0.268 e. The summed E-state index contributed by atoms with van der Waals surface area (Å²) in [4.78, 5) is 11.8. The SMILES string of the molecule is CC(CF)(C(F)F)N(N)C(=O)c1ccccc1. The first-order valence-electron chi connectivity index (χ1n) is 4.92. The monoisotopic (exact) mass is 246 g/mol. The Morgan fingerprint density at radius 3 is 2.35 bits per heavy atom. The molecule has 0 spiro atoms. The Morgan fingerprint density at radius 1 is 1.41 bits per heavy atom. The van der Waals surface area contributed by atoms with Gasteiger partial charge in [-0.25, -0.2) is 19.0 Å². The van der Waals surface area contributed by atoms with E-state index in [1.165, 1.54) is 12.1 Å². The molecule has 2 N–H and O–H groups in total. The van der Waals surface area contributed by atoms with Crippen LogP contribution in [0.25, 0.3) is 0 Å². The highest BCUT2D eigenvalue weighted by molar-refractivity contribution is 5.94. The van der Waals surface area contributed by atoms with E-state index in [9.17, 15) is 18.0 Å². The number of amides is 1. The van der Waals surface area contributed by atoms with Gasteiger partial charge in [0.2, 0.25) is 0 Å². The second-order valence-corrected chi connectivity index (χ2v) is 3.83. The van der Waals surface area contributed by atoms with E-state index in [2.05, 4.69) is 0 Å². The fourth-order valence-corrected chi connectivity index (χ4v) is 1.18. The maximum absolute atomic E-state index is 12.7. The average Bonchev–Trinajstić information content (AvgIpc) is 2.36. The number of carbonyl (C=O) groups is 1. The summed E-state index contributed by atoms with van der Waals surface area (Å²) in [5, 5.41) is 0.257. The van der Waals surface area contributed by atoms with Crippen LogP contribution in [0.15, 0.2) is 30.3 Å². The number of hydrogen-bond donors (Lipinski definition) is 1. The topological polar surface area (TPSA) is 46.3 Å². The molecule has 0 aliphatic rings. The predicted molar refractivity (Wildman–Crippen MR) is 57.2 cm³/mol. The Labute approximate surface area is 97.0 Å². The molecule has 0 heterocycles. The number of alkyl halides is 3. The molecule has 0 saturated heterocycles. The molecule has 0 radical (unpaired) electrons. The lowest BCUT2D eigenvalue weighted by Gasteiger charge is -2.34. The zero-order valence-electron chi connectivity index (χ0n) is 9.24. The van der Waals surface area contributed by atoms with E-state index in [-0.39, 0.29) is 10.6 Å². The van der Waals surface area contributed by atoms with Crippen LogP contribution in [0, 0.1) is 0 Å². The summed E-state index contributed by atoms with van der Waals surface area (Å²) in [6.07, 6.45) is -3.06. The first-order valence-corrected chi connectivity index (χ1v) is 4.92. The number of rotatable bonds is 4. The number of benzene rings is 1. The summed E-state index contributed by atoms with van der Waals surface area (Å²) in [5.41, 5.74) is -2.18. The number of hydrazine groups is 1. The van der Waals surface area contributed by atoms with Crippen molar-refractivity contribution in [1.29, 1.82) is 0 Å². The van der Waals surface area contributed by atoms with Gasteiger partial charge in [0, 0.05) is 5.56 Å². The average molecular weight is 246 g/mol. The highest BCUT2D eigenvalue weighted by Gasteiger charge is 2.43. The van der Waals surface area contributed by atoms with Gasteiger partial charge < -0.3 is 0 Å². The van der Waals surface area contributed by atoms with Gasteiger partial charge in [0.25, 0.3) is 12.3 Å². The fourth-order valence-electron chi connectivity index (χ4n) is 1.18. The number of halogens is 3. The van der Waals surface area contributed by atoms with Crippen LogP contribution in [0.5, 0.6) is 0 Å². The molecule has 0 aliphatic carbocycles. The third kappa shape index (κ3) is 2.58. The molecule has 0 fully saturated rings. The van der Waals surface area contributed by atoms with Crippen LogP contribution in [0.1, 0.15) is 17.3 Å². The van der Waals surface area contributed by atoms with Gasteiger partial charge in [-0.1, -0.05) is 18.2 Å². The molecular formula is C11H13F3N2O. The molecule has 0 aromatic heterocycles. The standard InChI is InChI=1S/C11H13F3N2O/c1-11(7-12,10(13)14)16(15)9(17)8-5-3-2-4-6-8/h2-6,10H,7,15H2,1H3. The van der Waals surface area contributed by atoms with E-state index in [1.807, 2.05) is 0 Å². The third-order valence-corrected chi connectivity index (χ3v) is 2.53. The van der Waals surface area contributed by atoms with Gasteiger partial charge >= 0.3 is 0 Å². The molecule has 3 nitrogen and oxygen atoms in total. The van der Waals surface area contributed by atoms with Crippen LogP contribution < -0.4 is 5.84 Å². The summed E-state index contributed by atoms with van der Waals surface area (Å²) in [6, 6.07) is 7.64. The third-order valence-electron chi connectivity index (χ3n) is 2.53. The van der Waals surface area contributed by atoms with Crippen LogP contribution in [0.2, 0.25) is 0 Å². The first-order chi connectivity index (χ1) is 7.93. The zero-order valence-corrected chi connectivity index (χ0v) is 9.24. The van der Waals surface area contributed by atoms with Crippen LogP contribution in [0.3, 0.4) is 0 Å². The van der Waals surface area contributed by atoms with Crippen molar-refractivity contribution in [2.45, 2.75) is 18.9 Å². The minimum absolute atomic E-state index is 0.135. The van der Waals surface area contributed by atoms with E-state index < -0.39 is 24.5 Å². The molecule has 1 unspecified atom stereocenters. The lowest BCUT2D eigenvalue weighted by Crippen LogP contribution is -2.59. The second-order valence-electron chi connectivity index (χ2n) is 3.83. The molecule has 0 aliphatic heterocycles. The Bertz CT molecular complexity index is 386. The number of hydrogen-bond acceptors (Lipinski definition) is 2. The Morgan fingerprint density at radius 2 is 1.94 bits per heavy atom. The quantitative estimate of drug-likeness (QED) is 0.501. The predicted octanol–water partition coefficient (Wildman–Crippen LogP) is 2.00. The van der Waals surface area contributed by atoms with E-state index in [0.29, 0.717) is 0 Å². The molecule has 1 amide bonds. The van der Waals surface area contributed by atoms with Crippen LogP contribution in [-0.4, -0.2) is 29.6 Å². The smallest absolute Gasteiger partial charge is 0.268 e. The van der Waals surface area contributed by atoms with E-state index in [4.69, 9.17) is 5.84 Å². The highest BCUT2D eigenvalue weighted by atomic mass is 19.3. The number of nitrogens with two attached hydrogens (primary N) is 1. The van der Waals surface area contributed by atoms with Crippen molar-refractivity contribution >= 4 is 5.91 Å². The summed E-state index contributed by atoms with van der Waals surface area (Å²) < 4.78 is 38.1. The lowest BCUT2D eigenvalue weighted by molar-refractivity contribution is -0.0446. The van der Waals surface area contributed by atoms with Crippen molar-refractivity contribution < 1.29 is 18.0 Å². The van der Waals surface area contributed by atoms with Crippen LogP contribution in [0.4, 0.5) is 13.2 Å². The maximum Gasteiger partial charge on any atom is 0.268 e. The number of carbonyl (C=O) groups excluding carboxylic acids is 1. The zero-order chi connectivity index (χ0) is 13.1. The Kier molecular flexibility index (Phi) is 4.11. The molecule has 6 heteroatoms. The van der Waals surface area contributed by atoms with E-state index >= 15 is 0 Å². The van der Waals surface area contributed by atoms with Crippen molar-refractivity contribution in [1.82, 2.24) is 5.01 Å². The molecule has 1 aromatic rings. The maximum atomic E-state index is 12.7. The van der Waals surface area contributed by atoms with Crippen LogP contribution in [-0.2, 0) is 0 Å². The normalized spacial score (nSPS) is 14.5. The molecule has 1 rings (SSSR count). The minimum atomic E-state index is -3.06. The van der Waals surface area contributed by atoms with Crippen molar-refractivity contribution in [3.63, 3.8) is 0 Å². The summed E-state index contributed by atoms with van der Waals surface area (Å²) in [6.45, 7) is -0.516. The first kappa shape index (κ1) is 13.5. The van der Waals surface area contributed by atoms with Gasteiger partial charge in [-0.05, 0) is 19.1 Å². The summed E-state index contributed by atoms with van der Waals surface area (Å²) in [5.74, 6) is 4.46. The highest BCUT2D eigenvalue weighted by Crippen LogP contribution is 2.23. The van der Waals surface area contributed by atoms with Crippen molar-refractivity contribution in [3.8, 4) is 0 Å². The van der Waals surface area contributed by atoms with E-state index in [0.717, 1.165) is 6.92 Å². The van der Waals surface area contributed by atoms with Crippen LogP contribution >= 0.6 is 0 Å². The van der Waals surface area contributed by atoms with Crippen molar-refractivity contribution in [2.75, 3.05) is 6.67 Å². The molecule has 17 heavy (non-hydrogen) atoms. The molecule has 0 bridgehead atoms. The number of nitrogens with zero attached hydrogens (tertiary/aromatic N) is 1. The Hall–Kier alpha value is -1.56. The molecule has 94 valence electrons. The van der Waals surface area contributed by atoms with Gasteiger partial charge in [-0.3, -0.25) is 9.80 Å². The van der Waals surface area contributed by atoms with Gasteiger partial charge in [0.15, 0.2) is 0 Å². The minimum Gasteiger partial charge on any atom is -0.268 e. The van der Waals surface area contributed by atoms with Gasteiger partial charge in [0.05, 0.1) is 0 Å². The van der Waals surface area contributed by atoms with Crippen molar-refractivity contribution in [3.05, 3.63) is 35.9 Å². The Balaban J connectivity index is 2.97. The molecule has 0 saturated carbocycles. The summed E-state index contributed by atoms with van der Waals surface area (Å²) in [7, 11) is 0. The fraction of sp³-hybridized carbons (Fsp3) is 0.364. The second kappa shape index (κ2) is 5.18. The van der Waals surface area contributed by atoms with Crippen molar-refractivity contribution in [2.24, 2.45) is 5.84 Å². The molecule has 1 aromatic carbocycles. The molecule has 1 atom stereocenters.